The molecule has 0 saturated carbocycles. The summed E-state index contributed by atoms with van der Waals surface area (Å²) in [4.78, 5) is 16.6. The Hall–Kier alpha value is -2.08. The Kier molecular flexibility index (Phi) is 4.80. The molecule has 1 amide bonds. The van der Waals surface area contributed by atoms with E-state index >= 15 is 0 Å². The molecule has 1 aromatic heterocycles. The lowest BCUT2D eigenvalue weighted by Gasteiger charge is -2.17. The van der Waals surface area contributed by atoms with Crippen molar-refractivity contribution in [2.45, 2.75) is 19.4 Å². The molecule has 2 rings (SSSR count). The van der Waals surface area contributed by atoms with Crippen LogP contribution in [0.3, 0.4) is 0 Å². The Morgan fingerprint density at radius 2 is 2.29 bits per heavy atom. The lowest BCUT2D eigenvalue weighted by Crippen LogP contribution is -2.30. The molecule has 21 heavy (non-hydrogen) atoms. The first-order chi connectivity index (χ1) is 10.1. The van der Waals surface area contributed by atoms with Gasteiger partial charge in [-0.05, 0) is 24.6 Å². The normalized spacial score (nSPS) is 12.0. The molecule has 0 fully saturated rings. The van der Waals surface area contributed by atoms with Crippen LogP contribution in [0.1, 0.15) is 35.6 Å². The van der Waals surface area contributed by atoms with Gasteiger partial charge in [-0.1, -0.05) is 18.5 Å². The number of aromatic nitrogens is 3. The van der Waals surface area contributed by atoms with Crippen molar-refractivity contribution in [3.05, 3.63) is 40.9 Å². The summed E-state index contributed by atoms with van der Waals surface area (Å²) < 4.78 is 6.84. The van der Waals surface area contributed by atoms with E-state index in [0.717, 1.165) is 0 Å². The molecule has 0 aliphatic heterocycles. The molecule has 112 valence electrons. The van der Waals surface area contributed by atoms with Crippen molar-refractivity contribution in [3.63, 3.8) is 0 Å². The predicted octanol–water partition coefficient (Wildman–Crippen LogP) is 2.36. The van der Waals surface area contributed by atoms with Crippen LogP contribution in [-0.4, -0.2) is 27.8 Å². The minimum Gasteiger partial charge on any atom is -0.496 e. The average molecular weight is 309 g/mol. The summed E-state index contributed by atoms with van der Waals surface area (Å²) in [6.07, 6.45) is 2.16. The van der Waals surface area contributed by atoms with Gasteiger partial charge in [0.05, 0.1) is 18.7 Å². The van der Waals surface area contributed by atoms with Crippen LogP contribution in [0.5, 0.6) is 5.75 Å². The summed E-state index contributed by atoms with van der Waals surface area (Å²) in [6.45, 7) is 1.97. The molecule has 1 heterocycles. The van der Waals surface area contributed by atoms with Crippen molar-refractivity contribution in [1.29, 1.82) is 0 Å². The first kappa shape index (κ1) is 15.3. The Balaban J connectivity index is 2.24. The van der Waals surface area contributed by atoms with E-state index in [-0.39, 0.29) is 11.9 Å². The van der Waals surface area contributed by atoms with Crippen LogP contribution in [0.15, 0.2) is 24.5 Å². The van der Waals surface area contributed by atoms with Gasteiger partial charge in [0.2, 0.25) is 0 Å². The minimum absolute atomic E-state index is 0.228. The van der Waals surface area contributed by atoms with Crippen molar-refractivity contribution >= 4 is 17.5 Å². The van der Waals surface area contributed by atoms with E-state index in [0.29, 0.717) is 28.6 Å². The maximum atomic E-state index is 12.4. The fraction of sp³-hybridized carbons (Fsp3) is 0.357. The third-order valence-electron chi connectivity index (χ3n) is 3.18. The molecule has 0 radical (unpaired) electrons. The number of rotatable bonds is 5. The van der Waals surface area contributed by atoms with E-state index in [4.69, 9.17) is 16.3 Å². The Morgan fingerprint density at radius 3 is 2.86 bits per heavy atom. The number of hydrogen-bond acceptors (Lipinski definition) is 4. The van der Waals surface area contributed by atoms with Gasteiger partial charge >= 0.3 is 0 Å². The van der Waals surface area contributed by atoms with Gasteiger partial charge in [0.1, 0.15) is 17.9 Å². The first-order valence-electron chi connectivity index (χ1n) is 6.55. The van der Waals surface area contributed by atoms with Crippen molar-refractivity contribution in [1.82, 2.24) is 20.1 Å². The van der Waals surface area contributed by atoms with E-state index in [2.05, 4.69) is 15.4 Å². The molecule has 1 unspecified atom stereocenters. The van der Waals surface area contributed by atoms with Gasteiger partial charge in [0.15, 0.2) is 0 Å². The molecule has 0 spiro atoms. The standard InChI is InChI=1S/C14H17ClN4O2/c1-4-11(13-16-8-17-19(13)2)18-14(20)10-7-9(15)5-6-12(10)21-3/h5-8,11H,4H2,1-3H3,(H,18,20). The Labute approximate surface area is 128 Å². The summed E-state index contributed by atoms with van der Waals surface area (Å²) in [5.41, 5.74) is 0.394. The number of methoxy groups -OCH3 is 1. The third-order valence-corrected chi connectivity index (χ3v) is 3.41. The SMILES string of the molecule is CCC(NC(=O)c1cc(Cl)ccc1OC)c1ncnn1C. The maximum Gasteiger partial charge on any atom is 0.255 e. The molecule has 1 aromatic carbocycles. The van der Waals surface area contributed by atoms with Crippen LogP contribution < -0.4 is 10.1 Å². The Bertz CT molecular complexity index is 642. The fourth-order valence-electron chi connectivity index (χ4n) is 2.06. The Morgan fingerprint density at radius 1 is 1.52 bits per heavy atom. The van der Waals surface area contributed by atoms with Crippen molar-refractivity contribution in [2.75, 3.05) is 7.11 Å². The lowest BCUT2D eigenvalue weighted by molar-refractivity contribution is 0.0930. The third kappa shape index (κ3) is 3.33. The molecule has 7 heteroatoms. The van der Waals surface area contributed by atoms with Gasteiger partial charge in [-0.2, -0.15) is 5.10 Å². The second kappa shape index (κ2) is 6.58. The molecule has 1 atom stereocenters. The molecule has 0 bridgehead atoms. The number of carbonyl (C=O) groups is 1. The zero-order valence-electron chi connectivity index (χ0n) is 12.1. The molecule has 0 aliphatic carbocycles. The maximum absolute atomic E-state index is 12.4. The van der Waals surface area contributed by atoms with Gasteiger partial charge < -0.3 is 10.1 Å². The average Bonchev–Trinajstić information content (AvgIpc) is 2.90. The van der Waals surface area contributed by atoms with Crippen LogP contribution in [0.25, 0.3) is 0 Å². The van der Waals surface area contributed by atoms with Crippen molar-refractivity contribution < 1.29 is 9.53 Å². The van der Waals surface area contributed by atoms with Crippen LogP contribution in [0, 0.1) is 0 Å². The number of nitrogens with one attached hydrogen (secondary N) is 1. The predicted molar refractivity (Wildman–Crippen MR) is 79.5 cm³/mol. The van der Waals surface area contributed by atoms with Crippen LogP contribution >= 0.6 is 11.6 Å². The number of hydrogen-bond donors (Lipinski definition) is 1. The highest BCUT2D eigenvalue weighted by molar-refractivity contribution is 6.31. The van der Waals surface area contributed by atoms with Gasteiger partial charge in [-0.25, -0.2) is 4.98 Å². The number of ether oxygens (including phenoxy) is 1. The van der Waals surface area contributed by atoms with Gasteiger partial charge in [0.25, 0.3) is 5.91 Å². The number of halogens is 1. The second-order valence-corrected chi connectivity index (χ2v) is 4.96. The summed E-state index contributed by atoms with van der Waals surface area (Å²) in [6, 6.07) is 4.70. The number of amides is 1. The zero-order chi connectivity index (χ0) is 15.4. The van der Waals surface area contributed by atoms with E-state index in [1.54, 1.807) is 29.9 Å². The molecule has 6 nitrogen and oxygen atoms in total. The summed E-state index contributed by atoms with van der Waals surface area (Å²) in [5, 5.41) is 7.43. The molecule has 0 aliphatic rings. The van der Waals surface area contributed by atoms with E-state index in [1.807, 2.05) is 6.92 Å². The molecule has 2 aromatic rings. The summed E-state index contributed by atoms with van der Waals surface area (Å²) in [7, 11) is 3.30. The van der Waals surface area contributed by atoms with E-state index in [9.17, 15) is 4.79 Å². The topological polar surface area (TPSA) is 69.0 Å². The quantitative estimate of drug-likeness (QED) is 0.920. The zero-order valence-corrected chi connectivity index (χ0v) is 12.9. The van der Waals surface area contributed by atoms with Crippen LogP contribution in [0.4, 0.5) is 0 Å². The molecular weight excluding hydrogens is 292 g/mol. The van der Waals surface area contributed by atoms with Crippen molar-refractivity contribution in [3.8, 4) is 5.75 Å². The van der Waals surface area contributed by atoms with Gasteiger partial charge in [-0.3, -0.25) is 9.48 Å². The highest BCUT2D eigenvalue weighted by Gasteiger charge is 2.20. The van der Waals surface area contributed by atoms with E-state index < -0.39 is 0 Å². The van der Waals surface area contributed by atoms with E-state index in [1.165, 1.54) is 13.4 Å². The highest BCUT2D eigenvalue weighted by Crippen LogP contribution is 2.23. The number of aryl methyl sites for hydroxylation is 1. The number of benzene rings is 1. The summed E-state index contributed by atoms with van der Waals surface area (Å²) in [5.74, 6) is 0.917. The van der Waals surface area contributed by atoms with Crippen molar-refractivity contribution in [2.24, 2.45) is 7.05 Å². The summed E-state index contributed by atoms with van der Waals surface area (Å²) >= 11 is 5.95. The largest absolute Gasteiger partial charge is 0.496 e. The van der Waals surface area contributed by atoms with Crippen LogP contribution in [-0.2, 0) is 7.05 Å². The molecular formula is C14H17ClN4O2. The molecule has 1 N–H and O–H groups in total. The van der Waals surface area contributed by atoms with Crippen LogP contribution in [0.2, 0.25) is 5.02 Å². The number of nitrogens with zero attached hydrogens (tertiary/aromatic N) is 3. The highest BCUT2D eigenvalue weighted by atomic mass is 35.5. The van der Waals surface area contributed by atoms with Gasteiger partial charge in [-0.15, -0.1) is 0 Å². The minimum atomic E-state index is -0.260. The van der Waals surface area contributed by atoms with Gasteiger partial charge in [0, 0.05) is 12.1 Å². The monoisotopic (exact) mass is 308 g/mol. The first-order valence-corrected chi connectivity index (χ1v) is 6.93. The number of carbonyl (C=O) groups excluding carboxylic acids is 1. The fourth-order valence-corrected chi connectivity index (χ4v) is 2.24. The smallest absolute Gasteiger partial charge is 0.255 e. The molecule has 0 saturated heterocycles. The second-order valence-electron chi connectivity index (χ2n) is 4.52. The lowest BCUT2D eigenvalue weighted by atomic mass is 10.1.